The molecule has 0 aliphatic carbocycles. The Kier molecular flexibility index (Phi) is 3.87. The van der Waals surface area contributed by atoms with Crippen molar-refractivity contribution in [2.24, 2.45) is 5.92 Å². The molecule has 2 saturated heterocycles. The van der Waals surface area contributed by atoms with Gasteiger partial charge in [0.25, 0.3) is 5.91 Å². The van der Waals surface area contributed by atoms with Gasteiger partial charge in [0.2, 0.25) is 0 Å². The van der Waals surface area contributed by atoms with E-state index in [-0.39, 0.29) is 24.4 Å². The van der Waals surface area contributed by atoms with Crippen LogP contribution in [0.1, 0.15) is 31.2 Å². The van der Waals surface area contributed by atoms with Crippen molar-refractivity contribution in [2.75, 3.05) is 13.1 Å². The van der Waals surface area contributed by atoms with E-state index in [4.69, 9.17) is 0 Å². The summed E-state index contributed by atoms with van der Waals surface area (Å²) in [4.78, 5) is 30.8. The fourth-order valence-electron chi connectivity index (χ4n) is 3.38. The number of pyridine rings is 1. The van der Waals surface area contributed by atoms with Crippen molar-refractivity contribution in [3.05, 3.63) is 29.6 Å². The third-order valence-electron chi connectivity index (χ3n) is 4.72. The Morgan fingerprint density at radius 2 is 2.05 bits per heavy atom. The maximum atomic E-state index is 12.8. The number of rotatable bonds is 3. The molecular formula is C16H22N4O2. The van der Waals surface area contributed by atoms with Crippen molar-refractivity contribution in [3.8, 4) is 0 Å². The lowest BCUT2D eigenvalue weighted by Gasteiger charge is -2.34. The van der Waals surface area contributed by atoms with Crippen LogP contribution in [-0.4, -0.2) is 40.5 Å². The predicted octanol–water partition coefficient (Wildman–Crippen LogP) is 1.20. The topological polar surface area (TPSA) is 74.3 Å². The van der Waals surface area contributed by atoms with Gasteiger partial charge >= 0.3 is 6.03 Å². The van der Waals surface area contributed by atoms with Crippen LogP contribution in [0, 0.1) is 12.8 Å². The second kappa shape index (κ2) is 5.68. The summed E-state index contributed by atoms with van der Waals surface area (Å²) in [6.45, 7) is 5.76. The molecule has 2 aliphatic heterocycles. The van der Waals surface area contributed by atoms with E-state index in [0.717, 1.165) is 37.3 Å². The van der Waals surface area contributed by atoms with Crippen LogP contribution in [0.2, 0.25) is 0 Å². The molecule has 3 heterocycles. The molecule has 6 nitrogen and oxygen atoms in total. The van der Waals surface area contributed by atoms with Gasteiger partial charge in [-0.1, -0.05) is 6.07 Å². The first-order valence-electron chi connectivity index (χ1n) is 7.78. The van der Waals surface area contributed by atoms with Gasteiger partial charge in [0.1, 0.15) is 5.54 Å². The Labute approximate surface area is 130 Å². The zero-order chi connectivity index (χ0) is 15.7. The molecule has 3 amide bonds. The van der Waals surface area contributed by atoms with E-state index in [9.17, 15) is 9.59 Å². The molecule has 3 rings (SSSR count). The van der Waals surface area contributed by atoms with Crippen molar-refractivity contribution in [3.63, 3.8) is 0 Å². The molecule has 6 heteroatoms. The average Bonchev–Trinajstić information content (AvgIpc) is 2.73. The summed E-state index contributed by atoms with van der Waals surface area (Å²) in [7, 11) is 0. The third-order valence-corrected chi connectivity index (χ3v) is 4.72. The molecule has 0 unspecified atom stereocenters. The number of piperidine rings is 1. The SMILES string of the molecule is Cc1cccc(CN2C(=O)N[C@@](C)(C3CCNCC3)C2=O)n1. The fraction of sp³-hybridized carbons (Fsp3) is 0.562. The minimum absolute atomic E-state index is 0.132. The van der Waals surface area contributed by atoms with E-state index in [0.29, 0.717) is 0 Å². The van der Waals surface area contributed by atoms with Crippen molar-refractivity contribution >= 4 is 11.9 Å². The standard InChI is InChI=1S/C16H22N4O2/c1-11-4-3-5-13(18-11)10-20-14(21)16(2,19-15(20)22)12-6-8-17-9-7-12/h3-5,12,17H,6-10H2,1-2H3,(H,19,22)/t16-/m0/s1. The minimum atomic E-state index is -0.789. The van der Waals surface area contributed by atoms with Crippen molar-refractivity contribution in [2.45, 2.75) is 38.8 Å². The van der Waals surface area contributed by atoms with Gasteiger partial charge in [0.05, 0.1) is 12.2 Å². The first kappa shape index (κ1) is 15.0. The normalized spacial score (nSPS) is 26.4. The number of carbonyl (C=O) groups excluding carboxylic acids is 2. The van der Waals surface area contributed by atoms with E-state index in [1.165, 1.54) is 4.90 Å². The highest BCUT2D eigenvalue weighted by molar-refractivity contribution is 6.06. The predicted molar refractivity (Wildman–Crippen MR) is 82.1 cm³/mol. The van der Waals surface area contributed by atoms with Crippen LogP contribution in [0.3, 0.4) is 0 Å². The fourth-order valence-corrected chi connectivity index (χ4v) is 3.38. The van der Waals surface area contributed by atoms with Gasteiger partial charge in [-0.15, -0.1) is 0 Å². The number of imide groups is 1. The van der Waals surface area contributed by atoms with E-state index in [1.54, 1.807) is 0 Å². The number of nitrogens with zero attached hydrogens (tertiary/aromatic N) is 2. The Hall–Kier alpha value is -1.95. The van der Waals surface area contributed by atoms with E-state index in [2.05, 4.69) is 15.6 Å². The van der Waals surface area contributed by atoms with Crippen molar-refractivity contribution < 1.29 is 9.59 Å². The lowest BCUT2D eigenvalue weighted by Crippen LogP contribution is -2.53. The molecular weight excluding hydrogens is 280 g/mol. The zero-order valence-corrected chi connectivity index (χ0v) is 13.1. The van der Waals surface area contributed by atoms with Crippen LogP contribution >= 0.6 is 0 Å². The van der Waals surface area contributed by atoms with Gasteiger partial charge < -0.3 is 10.6 Å². The highest BCUT2D eigenvalue weighted by Gasteiger charge is 2.52. The second-order valence-corrected chi connectivity index (χ2v) is 6.32. The summed E-state index contributed by atoms with van der Waals surface area (Å²) in [5.74, 6) is 0.0494. The molecule has 1 aromatic rings. The molecule has 2 aliphatic rings. The van der Waals surface area contributed by atoms with E-state index < -0.39 is 5.54 Å². The number of nitrogens with one attached hydrogen (secondary N) is 2. The molecule has 0 saturated carbocycles. The Bertz CT molecular complexity index is 598. The average molecular weight is 302 g/mol. The van der Waals surface area contributed by atoms with E-state index >= 15 is 0 Å². The van der Waals surface area contributed by atoms with Crippen molar-refractivity contribution in [1.82, 2.24) is 20.5 Å². The first-order valence-corrected chi connectivity index (χ1v) is 7.78. The van der Waals surface area contributed by atoms with Crippen LogP contribution in [-0.2, 0) is 11.3 Å². The Morgan fingerprint density at radius 1 is 1.32 bits per heavy atom. The second-order valence-electron chi connectivity index (χ2n) is 6.32. The molecule has 1 atom stereocenters. The smallest absolute Gasteiger partial charge is 0.323 e. The largest absolute Gasteiger partial charge is 0.325 e. The summed E-state index contributed by atoms with van der Waals surface area (Å²) in [6.07, 6.45) is 1.80. The van der Waals surface area contributed by atoms with Gasteiger partial charge in [0.15, 0.2) is 0 Å². The highest BCUT2D eigenvalue weighted by atomic mass is 16.2. The zero-order valence-electron chi connectivity index (χ0n) is 13.1. The number of carbonyl (C=O) groups is 2. The van der Waals surface area contributed by atoms with Gasteiger partial charge in [-0.05, 0) is 57.8 Å². The minimum Gasteiger partial charge on any atom is -0.323 e. The molecule has 118 valence electrons. The number of urea groups is 1. The number of hydrogen-bond donors (Lipinski definition) is 2. The summed E-state index contributed by atoms with van der Waals surface area (Å²) in [6, 6.07) is 5.32. The molecule has 1 aromatic heterocycles. The number of hydrogen-bond acceptors (Lipinski definition) is 4. The summed E-state index contributed by atoms with van der Waals surface area (Å²) in [5, 5.41) is 6.21. The Balaban J connectivity index is 1.79. The van der Waals surface area contributed by atoms with Gasteiger partial charge in [0, 0.05) is 5.69 Å². The van der Waals surface area contributed by atoms with Crippen LogP contribution in [0.15, 0.2) is 18.2 Å². The van der Waals surface area contributed by atoms with Gasteiger partial charge in [-0.25, -0.2) is 4.79 Å². The molecule has 0 radical (unpaired) electrons. The molecule has 22 heavy (non-hydrogen) atoms. The molecule has 2 N–H and O–H groups in total. The van der Waals surface area contributed by atoms with Gasteiger partial charge in [-0.3, -0.25) is 14.7 Å². The van der Waals surface area contributed by atoms with Crippen molar-refractivity contribution in [1.29, 1.82) is 0 Å². The highest BCUT2D eigenvalue weighted by Crippen LogP contribution is 2.32. The summed E-state index contributed by atoms with van der Waals surface area (Å²) >= 11 is 0. The molecule has 0 spiro atoms. The number of amides is 3. The number of aromatic nitrogens is 1. The molecule has 0 bridgehead atoms. The monoisotopic (exact) mass is 302 g/mol. The van der Waals surface area contributed by atoms with Crippen LogP contribution in [0.4, 0.5) is 4.79 Å². The van der Waals surface area contributed by atoms with E-state index in [1.807, 2.05) is 32.0 Å². The lowest BCUT2D eigenvalue weighted by atomic mass is 9.79. The maximum Gasteiger partial charge on any atom is 0.325 e. The third kappa shape index (κ3) is 2.59. The lowest BCUT2D eigenvalue weighted by molar-refractivity contribution is -0.133. The van der Waals surface area contributed by atoms with Crippen LogP contribution in [0.5, 0.6) is 0 Å². The van der Waals surface area contributed by atoms with Gasteiger partial charge in [-0.2, -0.15) is 0 Å². The molecule has 0 aromatic carbocycles. The van der Waals surface area contributed by atoms with Crippen LogP contribution < -0.4 is 10.6 Å². The molecule has 2 fully saturated rings. The van der Waals surface area contributed by atoms with Crippen LogP contribution in [0.25, 0.3) is 0 Å². The summed E-state index contributed by atoms with van der Waals surface area (Å²) < 4.78 is 0. The Morgan fingerprint density at radius 3 is 2.73 bits per heavy atom. The maximum absolute atomic E-state index is 12.8. The summed E-state index contributed by atoms with van der Waals surface area (Å²) in [5.41, 5.74) is 0.826. The first-order chi connectivity index (χ1) is 10.5. The number of aryl methyl sites for hydroxylation is 1. The quantitative estimate of drug-likeness (QED) is 0.823.